The van der Waals surface area contributed by atoms with Gasteiger partial charge in [0.05, 0.1) is 143 Å². The number of amides is 2. The quantitative estimate of drug-likeness (QED) is 0.0294. The Labute approximate surface area is 507 Å². The number of rotatable bonds is 46. The topological polar surface area (TPSA) is 248 Å². The molecule has 0 atom stereocenters. The number of hydrogen-bond acceptors (Lipinski definition) is 20. The van der Waals surface area contributed by atoms with Gasteiger partial charge in [-0.3, -0.25) is 14.1 Å². The summed E-state index contributed by atoms with van der Waals surface area (Å²) >= 11 is 0. The Bertz CT molecular complexity index is 2670. The Hall–Kier alpha value is -5.03. The summed E-state index contributed by atoms with van der Waals surface area (Å²) in [5, 5.41) is 1.48. The molecule has 1 N–H and O–H groups in total. The molecule has 1 aliphatic carbocycles. The van der Waals surface area contributed by atoms with Crippen LogP contribution in [0.3, 0.4) is 0 Å². The molecule has 1 saturated heterocycles. The minimum atomic E-state index is -4.49. The summed E-state index contributed by atoms with van der Waals surface area (Å²) < 4.78 is 110. The van der Waals surface area contributed by atoms with E-state index in [4.69, 9.17) is 66.1 Å². The number of hydrogen-bond donors (Lipinski definition) is 1. The summed E-state index contributed by atoms with van der Waals surface area (Å²) in [6.07, 6.45) is 7.85. The Kier molecular flexibility index (Phi) is 32.6. The van der Waals surface area contributed by atoms with Crippen molar-refractivity contribution in [1.29, 1.82) is 0 Å². The van der Waals surface area contributed by atoms with Crippen molar-refractivity contribution in [2.45, 2.75) is 88.9 Å². The zero-order chi connectivity index (χ0) is 62.1. The molecule has 0 unspecified atom stereocenters. The molecule has 3 aliphatic heterocycles. The molecule has 4 aliphatic rings. The lowest BCUT2D eigenvalue weighted by atomic mass is 9.83. The number of unbranched alkanes of at least 4 members (excludes halogenated alkanes) is 2. The second-order valence-electron chi connectivity index (χ2n) is 21.8. The molecule has 1 aromatic carbocycles. The molecule has 0 radical (unpaired) electrons. The Balaban J connectivity index is 1.26. The molecule has 1 fully saturated rings. The number of allylic oxidation sites excluding steroid dienone is 3. The predicted molar refractivity (Wildman–Crippen MR) is 320 cm³/mol. The first-order valence-electron chi connectivity index (χ1n) is 29.7. The first-order valence-corrected chi connectivity index (χ1v) is 31.2. The summed E-state index contributed by atoms with van der Waals surface area (Å²) in [5.74, 6) is -0.238. The highest BCUT2D eigenvalue weighted by molar-refractivity contribution is 7.85. The molecule has 86 heavy (non-hydrogen) atoms. The minimum absolute atomic E-state index is 0.0207. The second-order valence-corrected chi connectivity index (χ2v) is 23.2. The summed E-state index contributed by atoms with van der Waals surface area (Å²) in [7, 11) is -1.22. The smallest absolute Gasteiger partial charge is 0.333 e. The molecule has 2 amide bonds. The van der Waals surface area contributed by atoms with Crippen molar-refractivity contribution in [3.05, 3.63) is 82.6 Å². The molecule has 1 aromatic rings. The van der Waals surface area contributed by atoms with Crippen molar-refractivity contribution >= 4 is 39.7 Å². The molecule has 3 heterocycles. The lowest BCUT2D eigenvalue weighted by molar-refractivity contribution is -0.197. The van der Waals surface area contributed by atoms with Crippen LogP contribution in [0.15, 0.2) is 69.6 Å². The lowest BCUT2D eigenvalue weighted by Gasteiger charge is -2.27. The highest BCUT2D eigenvalue weighted by Gasteiger charge is 2.40. The van der Waals surface area contributed by atoms with E-state index in [1.165, 1.54) is 12.1 Å². The van der Waals surface area contributed by atoms with Crippen LogP contribution >= 0.6 is 0 Å². The Morgan fingerprint density at radius 2 is 1.12 bits per heavy atom. The monoisotopic (exact) mass is 1230 g/mol. The van der Waals surface area contributed by atoms with Crippen molar-refractivity contribution in [2.75, 3.05) is 184 Å². The summed E-state index contributed by atoms with van der Waals surface area (Å²) in [6.45, 7) is 22.3. The zero-order valence-electron chi connectivity index (χ0n) is 51.6. The van der Waals surface area contributed by atoms with Gasteiger partial charge >= 0.3 is 5.97 Å². The van der Waals surface area contributed by atoms with Crippen LogP contribution in [0.5, 0.6) is 0 Å². The molecule has 0 bridgehead atoms. The van der Waals surface area contributed by atoms with Crippen molar-refractivity contribution < 1.29 is 93.5 Å². The van der Waals surface area contributed by atoms with E-state index >= 15 is 0 Å². The van der Waals surface area contributed by atoms with Gasteiger partial charge in [0.25, 0.3) is 21.9 Å². The van der Waals surface area contributed by atoms with E-state index in [1.807, 2.05) is 38.1 Å². The fraction of sp³-hybridized carbons (Fsp3) is 0.645. The molecule has 482 valence electrons. The van der Waals surface area contributed by atoms with Gasteiger partial charge in [-0.15, -0.1) is 5.06 Å². The Morgan fingerprint density at radius 1 is 0.640 bits per heavy atom. The minimum Gasteiger partial charge on any atom is -0.460 e. The number of nitrogens with zero attached hydrogens (tertiary/aromatic N) is 3. The van der Waals surface area contributed by atoms with Crippen LogP contribution in [-0.4, -0.2) is 215 Å². The Morgan fingerprint density at radius 3 is 1.58 bits per heavy atom. The van der Waals surface area contributed by atoms with Crippen molar-refractivity contribution in [3.8, 4) is 11.3 Å². The molecular weight excluding hydrogens is 1140 g/mol. The van der Waals surface area contributed by atoms with E-state index in [0.29, 0.717) is 195 Å². The van der Waals surface area contributed by atoms with Crippen LogP contribution < -0.4 is 14.8 Å². The predicted octanol–water partition coefficient (Wildman–Crippen LogP) is 6.02. The third-order valence-corrected chi connectivity index (χ3v) is 14.7. The van der Waals surface area contributed by atoms with E-state index < -0.39 is 33.3 Å². The van der Waals surface area contributed by atoms with Gasteiger partial charge in [0.1, 0.15) is 24.7 Å². The first kappa shape index (κ1) is 71.7. The second kappa shape index (κ2) is 39.1. The number of ether oxygens (including phenoxy) is 12. The number of hydroxylamine groups is 2. The zero-order valence-corrected chi connectivity index (χ0v) is 52.5. The van der Waals surface area contributed by atoms with Gasteiger partial charge in [-0.25, -0.2) is 9.37 Å². The maximum absolute atomic E-state index is 12.5. The third-order valence-electron chi connectivity index (χ3n) is 13.9. The summed E-state index contributed by atoms with van der Waals surface area (Å²) in [6, 6.07) is 12.9. The fourth-order valence-electron chi connectivity index (χ4n) is 9.19. The molecule has 23 nitrogen and oxygen atoms in total. The van der Waals surface area contributed by atoms with Crippen LogP contribution in [-0.2, 0) is 97.0 Å². The van der Waals surface area contributed by atoms with E-state index in [2.05, 4.69) is 48.4 Å². The van der Waals surface area contributed by atoms with Gasteiger partial charge < -0.3 is 71.0 Å². The average molecular weight is 1230 g/mol. The first-order chi connectivity index (χ1) is 41.4. The standard InChI is InChI=1S/C62H93N3O20S/c1-61(2,3)57-46-49(12-11-13-56-62(4,5)53-48-51(86(69,70)71)16-18-54(53)64(56)21-10-8-9-14-60(68)85-65-58(66)19-20-59(65)67)52-17-15-50(47-55(52)84-57)63(22-24-74-30-32-78-38-40-82-44-42-80-36-34-76-28-26-72-6)23-25-75-31-33-79-39-41-83-45-43-81-37-35-77-29-27-73-7/h11-13,15-18,46-48H,8-10,14,19-45H2,1-7H3/p+1. The molecule has 0 spiro atoms. The molecule has 0 saturated carbocycles. The number of carbonyl (C=O) groups is 3. The normalized spacial score (nSPS) is 14.9. The van der Waals surface area contributed by atoms with Gasteiger partial charge in [0.2, 0.25) is 5.36 Å². The van der Waals surface area contributed by atoms with E-state index in [1.54, 1.807) is 20.3 Å². The van der Waals surface area contributed by atoms with Crippen molar-refractivity contribution in [1.82, 2.24) is 9.64 Å². The maximum Gasteiger partial charge on any atom is 0.333 e. The number of carbonyl (C=O) groups excluding carboxylic acids is 3. The maximum atomic E-state index is 12.5. The fourth-order valence-corrected chi connectivity index (χ4v) is 9.70. The van der Waals surface area contributed by atoms with Crippen molar-refractivity contribution in [2.24, 2.45) is 0 Å². The van der Waals surface area contributed by atoms with Crippen LogP contribution in [0.2, 0.25) is 0 Å². The number of methoxy groups -OCH3 is 2. The van der Waals surface area contributed by atoms with Crippen LogP contribution in [0, 0.1) is 0 Å². The molecular formula is C62H94N3O20S+. The summed E-state index contributed by atoms with van der Waals surface area (Å²) in [4.78, 5) is 43.4. The average Bonchev–Trinajstić information content (AvgIpc) is 2.05. The van der Waals surface area contributed by atoms with Gasteiger partial charge in [0, 0.05) is 73.9 Å². The molecule has 24 heteroatoms. The van der Waals surface area contributed by atoms with Crippen LogP contribution in [0.4, 0.5) is 5.69 Å². The number of benzene rings is 2. The van der Waals surface area contributed by atoms with Gasteiger partial charge in [0.15, 0.2) is 13.1 Å². The largest absolute Gasteiger partial charge is 0.460 e. The third kappa shape index (κ3) is 25.2. The number of fused-ring (bicyclic) bond motifs is 2. The summed E-state index contributed by atoms with van der Waals surface area (Å²) in [5.41, 5.74) is 3.20. The van der Waals surface area contributed by atoms with Crippen LogP contribution in [0.1, 0.15) is 90.0 Å². The molecule has 0 aromatic heterocycles. The van der Waals surface area contributed by atoms with E-state index in [-0.39, 0.29) is 29.6 Å². The van der Waals surface area contributed by atoms with Crippen LogP contribution in [0.25, 0.3) is 17.4 Å². The molecule has 5 rings (SSSR count). The number of imide groups is 1. The number of anilines is 1. The van der Waals surface area contributed by atoms with Gasteiger partial charge in [-0.1, -0.05) is 53.2 Å². The highest BCUT2D eigenvalue weighted by Crippen LogP contribution is 2.48. The van der Waals surface area contributed by atoms with Crippen molar-refractivity contribution in [3.63, 3.8) is 0 Å². The van der Waals surface area contributed by atoms with Gasteiger partial charge in [-0.05, 0) is 60.4 Å². The SMILES string of the molecule is COCCOCCOCCOCCOCCOCC[N+](CCOCCOCCOCCOCCOCCOC)=c1ccc2c(/C=C/C=C3/N(CCCCCC(=O)ON4C(=O)CCC4=O)c4ccc(S(=O)(=O)O)cc4C3(C)C)cc(C(C)(C)C)oc-2c1. The lowest BCUT2D eigenvalue weighted by Crippen LogP contribution is -2.36. The van der Waals surface area contributed by atoms with E-state index in [0.717, 1.165) is 39.2 Å². The van der Waals surface area contributed by atoms with Gasteiger partial charge in [-0.2, -0.15) is 8.42 Å². The van der Waals surface area contributed by atoms with E-state index in [9.17, 15) is 27.4 Å². The highest BCUT2D eigenvalue weighted by atomic mass is 32.2.